The van der Waals surface area contributed by atoms with Gasteiger partial charge in [-0.25, -0.2) is 4.98 Å². The average Bonchev–Trinajstić information content (AvgIpc) is 3.35. The van der Waals surface area contributed by atoms with Gasteiger partial charge in [0.1, 0.15) is 5.82 Å². The molecule has 0 fully saturated rings. The van der Waals surface area contributed by atoms with Crippen molar-refractivity contribution in [2.75, 3.05) is 11.9 Å². The molecule has 182 valence electrons. The van der Waals surface area contributed by atoms with Crippen LogP contribution < -0.4 is 5.32 Å². The number of carbonyl (C=O) groups excluding carboxylic acids is 3. The smallest absolute Gasteiger partial charge is 0.261 e. The van der Waals surface area contributed by atoms with Crippen molar-refractivity contribution in [3.8, 4) is 5.82 Å². The highest BCUT2D eigenvalue weighted by atomic mass is 16.2. The lowest BCUT2D eigenvalue weighted by atomic mass is 10.1. The first kappa shape index (κ1) is 23.4. The second-order valence-electron chi connectivity index (χ2n) is 9.06. The largest absolute Gasteiger partial charge is 0.311 e. The van der Waals surface area contributed by atoms with Crippen molar-refractivity contribution in [1.29, 1.82) is 0 Å². The van der Waals surface area contributed by atoms with Crippen LogP contribution in [0.5, 0.6) is 0 Å². The minimum atomic E-state index is -0.241. The molecule has 0 saturated carbocycles. The SMILES string of the molecule is Cc1cc(NC(=O)CCCCCN2C(=O)c3ccccc3C2=O)n(-c2cc(C)c3ccccc3n2)n1. The van der Waals surface area contributed by atoms with Crippen LogP contribution in [-0.2, 0) is 4.79 Å². The fraction of sp³-hybridized carbons (Fsp3) is 0.250. The van der Waals surface area contributed by atoms with Gasteiger partial charge in [0.25, 0.3) is 11.8 Å². The molecule has 2 aromatic heterocycles. The highest BCUT2D eigenvalue weighted by molar-refractivity contribution is 6.21. The number of unbranched alkanes of at least 4 members (excludes halogenated alkanes) is 2. The van der Waals surface area contributed by atoms with Gasteiger partial charge in [0.15, 0.2) is 5.82 Å². The van der Waals surface area contributed by atoms with Gasteiger partial charge in [-0.1, -0.05) is 36.8 Å². The minimum absolute atomic E-state index is 0.116. The van der Waals surface area contributed by atoms with E-state index in [4.69, 9.17) is 4.98 Å². The molecule has 0 bridgehead atoms. The first-order valence-corrected chi connectivity index (χ1v) is 12.1. The Bertz CT molecular complexity index is 1450. The molecule has 3 amide bonds. The first-order valence-electron chi connectivity index (χ1n) is 12.1. The Kier molecular flexibility index (Phi) is 6.33. The highest BCUT2D eigenvalue weighted by Gasteiger charge is 2.34. The second-order valence-corrected chi connectivity index (χ2v) is 9.06. The number of imide groups is 1. The molecular weight excluding hydrogens is 454 g/mol. The quantitative estimate of drug-likeness (QED) is 0.287. The summed E-state index contributed by atoms with van der Waals surface area (Å²) < 4.78 is 1.66. The molecule has 0 spiro atoms. The number of carbonyl (C=O) groups is 3. The van der Waals surface area contributed by atoms with E-state index in [1.54, 1.807) is 28.9 Å². The third-order valence-corrected chi connectivity index (χ3v) is 6.39. The number of amides is 3. The van der Waals surface area contributed by atoms with Crippen LogP contribution in [0.15, 0.2) is 60.7 Å². The van der Waals surface area contributed by atoms with Crippen molar-refractivity contribution in [3.05, 3.63) is 83.0 Å². The molecule has 1 aliphatic rings. The molecule has 0 radical (unpaired) electrons. The summed E-state index contributed by atoms with van der Waals surface area (Å²) in [4.78, 5) is 43.6. The third kappa shape index (κ3) is 4.49. The van der Waals surface area contributed by atoms with E-state index in [0.717, 1.165) is 28.6 Å². The van der Waals surface area contributed by atoms with Crippen LogP contribution >= 0.6 is 0 Å². The van der Waals surface area contributed by atoms with Gasteiger partial charge in [0.05, 0.1) is 22.3 Å². The van der Waals surface area contributed by atoms with E-state index in [-0.39, 0.29) is 17.7 Å². The molecule has 0 saturated heterocycles. The maximum absolute atomic E-state index is 12.7. The van der Waals surface area contributed by atoms with E-state index in [9.17, 15) is 14.4 Å². The highest BCUT2D eigenvalue weighted by Crippen LogP contribution is 2.24. The molecule has 0 atom stereocenters. The zero-order valence-electron chi connectivity index (χ0n) is 20.3. The zero-order valence-corrected chi connectivity index (χ0v) is 20.3. The number of aromatic nitrogens is 3. The predicted octanol–water partition coefficient (Wildman–Crippen LogP) is 4.83. The van der Waals surface area contributed by atoms with E-state index >= 15 is 0 Å². The van der Waals surface area contributed by atoms with Gasteiger partial charge in [-0.05, 0) is 56.5 Å². The van der Waals surface area contributed by atoms with Crippen LogP contribution in [-0.4, -0.2) is 43.9 Å². The van der Waals surface area contributed by atoms with E-state index in [2.05, 4.69) is 10.4 Å². The number of benzene rings is 2. The van der Waals surface area contributed by atoms with Gasteiger partial charge < -0.3 is 5.32 Å². The molecule has 4 aromatic rings. The number of anilines is 1. The fourth-order valence-corrected chi connectivity index (χ4v) is 4.58. The summed E-state index contributed by atoms with van der Waals surface area (Å²) in [5.74, 6) is 0.625. The third-order valence-electron chi connectivity index (χ3n) is 6.39. The second kappa shape index (κ2) is 9.73. The molecule has 1 N–H and O–H groups in total. The average molecular weight is 482 g/mol. The number of pyridine rings is 1. The number of nitrogens with one attached hydrogen (secondary N) is 1. The molecule has 3 heterocycles. The normalized spacial score (nSPS) is 12.9. The molecule has 36 heavy (non-hydrogen) atoms. The topological polar surface area (TPSA) is 97.2 Å². The Hall–Kier alpha value is -4.33. The van der Waals surface area contributed by atoms with Crippen LogP contribution in [0.1, 0.15) is 57.7 Å². The van der Waals surface area contributed by atoms with Crippen molar-refractivity contribution < 1.29 is 14.4 Å². The lowest BCUT2D eigenvalue weighted by molar-refractivity contribution is -0.116. The summed E-state index contributed by atoms with van der Waals surface area (Å²) in [5.41, 5.74) is 3.66. The molecule has 0 unspecified atom stereocenters. The summed E-state index contributed by atoms with van der Waals surface area (Å²) in [6.45, 7) is 4.26. The summed E-state index contributed by atoms with van der Waals surface area (Å²) in [6, 6.07) is 18.6. The van der Waals surface area contributed by atoms with Crippen molar-refractivity contribution in [1.82, 2.24) is 19.7 Å². The molecular formula is C28H27N5O3. The summed E-state index contributed by atoms with van der Waals surface area (Å²) >= 11 is 0. The van der Waals surface area contributed by atoms with Crippen molar-refractivity contribution >= 4 is 34.4 Å². The van der Waals surface area contributed by atoms with E-state index in [1.165, 1.54) is 4.90 Å². The van der Waals surface area contributed by atoms with Crippen LogP contribution in [0.3, 0.4) is 0 Å². The number of aryl methyl sites for hydroxylation is 2. The Balaban J connectivity index is 1.16. The van der Waals surface area contributed by atoms with Gasteiger partial charge in [0.2, 0.25) is 5.91 Å². The number of fused-ring (bicyclic) bond motifs is 2. The maximum Gasteiger partial charge on any atom is 0.261 e. The summed E-state index contributed by atoms with van der Waals surface area (Å²) in [5, 5.41) is 8.58. The van der Waals surface area contributed by atoms with Gasteiger partial charge in [0, 0.05) is 24.4 Å². The molecule has 2 aromatic carbocycles. The van der Waals surface area contributed by atoms with Gasteiger partial charge in [-0.2, -0.15) is 9.78 Å². The zero-order chi connectivity index (χ0) is 25.2. The molecule has 5 rings (SSSR count). The van der Waals surface area contributed by atoms with E-state index in [1.807, 2.05) is 50.2 Å². The lowest BCUT2D eigenvalue weighted by Crippen LogP contribution is -2.30. The Morgan fingerprint density at radius 2 is 1.58 bits per heavy atom. The van der Waals surface area contributed by atoms with Crippen LogP contribution in [0, 0.1) is 13.8 Å². The Morgan fingerprint density at radius 1 is 0.889 bits per heavy atom. The van der Waals surface area contributed by atoms with Gasteiger partial charge in [-0.3, -0.25) is 19.3 Å². The molecule has 8 nitrogen and oxygen atoms in total. The van der Waals surface area contributed by atoms with E-state index in [0.29, 0.717) is 48.6 Å². The van der Waals surface area contributed by atoms with Gasteiger partial charge >= 0.3 is 0 Å². The van der Waals surface area contributed by atoms with Crippen LogP contribution in [0.2, 0.25) is 0 Å². The number of para-hydroxylation sites is 1. The van der Waals surface area contributed by atoms with Gasteiger partial charge in [-0.15, -0.1) is 0 Å². The fourth-order valence-electron chi connectivity index (χ4n) is 4.58. The number of rotatable bonds is 8. The first-order chi connectivity index (χ1) is 17.4. The number of hydrogen-bond donors (Lipinski definition) is 1. The monoisotopic (exact) mass is 481 g/mol. The van der Waals surface area contributed by atoms with Crippen molar-refractivity contribution in [2.45, 2.75) is 39.5 Å². The van der Waals surface area contributed by atoms with Crippen LogP contribution in [0.25, 0.3) is 16.7 Å². The van der Waals surface area contributed by atoms with Crippen molar-refractivity contribution in [2.24, 2.45) is 0 Å². The molecule has 1 aliphatic heterocycles. The number of hydrogen-bond acceptors (Lipinski definition) is 5. The maximum atomic E-state index is 12.7. The van der Waals surface area contributed by atoms with Crippen LogP contribution in [0.4, 0.5) is 5.82 Å². The van der Waals surface area contributed by atoms with E-state index < -0.39 is 0 Å². The Morgan fingerprint density at radius 3 is 2.33 bits per heavy atom. The minimum Gasteiger partial charge on any atom is -0.311 e. The molecule has 0 aliphatic carbocycles. The lowest BCUT2D eigenvalue weighted by Gasteiger charge is -2.13. The summed E-state index contributed by atoms with van der Waals surface area (Å²) in [6.07, 6.45) is 2.35. The Labute approximate surface area is 208 Å². The van der Waals surface area contributed by atoms with Crippen molar-refractivity contribution in [3.63, 3.8) is 0 Å². The molecule has 8 heteroatoms. The summed E-state index contributed by atoms with van der Waals surface area (Å²) in [7, 11) is 0. The standard InChI is InChI=1S/C28H27N5O3/c1-18-16-24(29-23-13-8-7-10-20(18)23)33-25(17-19(2)31-33)30-26(34)14-4-3-9-15-32-27(35)21-11-5-6-12-22(21)28(32)36/h5-8,10-13,16-17H,3-4,9,14-15H2,1-2H3,(H,30,34). The predicted molar refractivity (Wildman–Crippen MR) is 137 cm³/mol. The number of nitrogens with zero attached hydrogens (tertiary/aromatic N) is 4.